The van der Waals surface area contributed by atoms with Gasteiger partial charge in [0.1, 0.15) is 6.54 Å². The van der Waals surface area contributed by atoms with E-state index in [0.717, 1.165) is 11.1 Å². The molecule has 0 saturated heterocycles. The predicted molar refractivity (Wildman–Crippen MR) is 97.5 cm³/mol. The van der Waals surface area contributed by atoms with Gasteiger partial charge in [0.05, 0.1) is 6.04 Å². The van der Waals surface area contributed by atoms with Crippen LogP contribution in [-0.4, -0.2) is 30.9 Å². The lowest BCUT2D eigenvalue weighted by Gasteiger charge is -2.14. The third kappa shape index (κ3) is 6.05. The molecule has 0 aliphatic rings. The summed E-state index contributed by atoms with van der Waals surface area (Å²) >= 11 is 0. The van der Waals surface area contributed by atoms with E-state index in [-0.39, 0.29) is 18.5 Å². The van der Waals surface area contributed by atoms with Gasteiger partial charge in [0, 0.05) is 5.56 Å². The summed E-state index contributed by atoms with van der Waals surface area (Å²) in [5.41, 5.74) is 2.37. The first-order chi connectivity index (χ1) is 12.5. The zero-order valence-corrected chi connectivity index (χ0v) is 14.8. The Balaban J connectivity index is 1.71. The van der Waals surface area contributed by atoms with Crippen LogP contribution in [0, 0.1) is 6.92 Å². The number of benzene rings is 2. The standard InChI is InChI=1S/C20H22N2O4/c1-14-7-6-10-17(11-14)20(25)21-12-19(24)26-13-18(23)22-15(2)16-8-4-3-5-9-16/h3-11,15H,12-13H2,1-2H3,(H,21,25)(H,22,23)/t15-/m0/s1. The Morgan fingerprint density at radius 1 is 1.04 bits per heavy atom. The Morgan fingerprint density at radius 3 is 2.46 bits per heavy atom. The molecule has 2 rings (SSSR count). The highest BCUT2D eigenvalue weighted by Gasteiger charge is 2.13. The van der Waals surface area contributed by atoms with Crippen molar-refractivity contribution in [2.45, 2.75) is 19.9 Å². The van der Waals surface area contributed by atoms with Crippen molar-refractivity contribution in [3.63, 3.8) is 0 Å². The molecule has 6 nitrogen and oxygen atoms in total. The lowest BCUT2D eigenvalue weighted by molar-refractivity contribution is -0.147. The molecular weight excluding hydrogens is 332 g/mol. The molecule has 2 amide bonds. The lowest BCUT2D eigenvalue weighted by Crippen LogP contribution is -2.34. The minimum absolute atomic E-state index is 0.191. The van der Waals surface area contributed by atoms with Crippen LogP contribution in [0.25, 0.3) is 0 Å². The van der Waals surface area contributed by atoms with Crippen molar-refractivity contribution >= 4 is 17.8 Å². The Bertz CT molecular complexity index is 774. The van der Waals surface area contributed by atoms with Gasteiger partial charge >= 0.3 is 5.97 Å². The minimum Gasteiger partial charge on any atom is -0.454 e. The smallest absolute Gasteiger partial charge is 0.325 e. The van der Waals surface area contributed by atoms with Crippen LogP contribution in [0.1, 0.15) is 34.5 Å². The van der Waals surface area contributed by atoms with E-state index in [1.165, 1.54) is 0 Å². The van der Waals surface area contributed by atoms with E-state index >= 15 is 0 Å². The van der Waals surface area contributed by atoms with Crippen LogP contribution in [0.3, 0.4) is 0 Å². The van der Waals surface area contributed by atoms with Gasteiger partial charge in [-0.05, 0) is 31.5 Å². The highest BCUT2D eigenvalue weighted by Crippen LogP contribution is 2.10. The van der Waals surface area contributed by atoms with Gasteiger partial charge in [-0.1, -0.05) is 48.0 Å². The van der Waals surface area contributed by atoms with E-state index < -0.39 is 18.5 Å². The molecule has 136 valence electrons. The largest absolute Gasteiger partial charge is 0.454 e. The fourth-order valence-electron chi connectivity index (χ4n) is 2.35. The molecular formula is C20H22N2O4. The Labute approximate surface area is 152 Å². The molecule has 0 radical (unpaired) electrons. The summed E-state index contributed by atoms with van der Waals surface area (Å²) in [6, 6.07) is 16.3. The van der Waals surface area contributed by atoms with Gasteiger partial charge in [0.25, 0.3) is 11.8 Å². The molecule has 6 heteroatoms. The average Bonchev–Trinajstić information content (AvgIpc) is 2.65. The first-order valence-corrected chi connectivity index (χ1v) is 8.30. The summed E-state index contributed by atoms with van der Waals surface area (Å²) in [5, 5.41) is 5.22. The molecule has 0 aliphatic heterocycles. The Kier molecular flexibility index (Phi) is 6.91. The van der Waals surface area contributed by atoms with Gasteiger partial charge in [-0.3, -0.25) is 14.4 Å². The monoisotopic (exact) mass is 354 g/mol. The second kappa shape index (κ2) is 9.36. The summed E-state index contributed by atoms with van der Waals surface area (Å²) < 4.78 is 4.88. The van der Waals surface area contributed by atoms with E-state index in [1.807, 2.05) is 50.2 Å². The molecule has 0 spiro atoms. The minimum atomic E-state index is -0.673. The van der Waals surface area contributed by atoms with Gasteiger partial charge in [0.15, 0.2) is 6.61 Å². The molecule has 0 bridgehead atoms. The molecule has 2 aromatic carbocycles. The van der Waals surface area contributed by atoms with E-state index in [4.69, 9.17) is 4.74 Å². The van der Waals surface area contributed by atoms with Crippen molar-refractivity contribution in [3.8, 4) is 0 Å². The van der Waals surface area contributed by atoms with Gasteiger partial charge in [-0.15, -0.1) is 0 Å². The third-order valence-electron chi connectivity index (χ3n) is 3.71. The van der Waals surface area contributed by atoms with Crippen molar-refractivity contribution in [2.24, 2.45) is 0 Å². The molecule has 0 aliphatic carbocycles. The van der Waals surface area contributed by atoms with E-state index in [2.05, 4.69) is 10.6 Å². The number of carbonyl (C=O) groups is 3. The number of esters is 1. The molecule has 0 fully saturated rings. The van der Waals surface area contributed by atoms with Crippen LogP contribution < -0.4 is 10.6 Å². The molecule has 2 N–H and O–H groups in total. The number of nitrogens with one attached hydrogen (secondary N) is 2. The number of aryl methyl sites for hydroxylation is 1. The van der Waals surface area contributed by atoms with Crippen LogP contribution in [-0.2, 0) is 14.3 Å². The lowest BCUT2D eigenvalue weighted by atomic mass is 10.1. The first-order valence-electron chi connectivity index (χ1n) is 8.30. The van der Waals surface area contributed by atoms with Gasteiger partial charge in [-0.2, -0.15) is 0 Å². The summed E-state index contributed by atoms with van der Waals surface area (Å²) in [7, 11) is 0. The first kappa shape index (κ1) is 19.2. The van der Waals surface area contributed by atoms with Crippen LogP contribution in [0.4, 0.5) is 0 Å². The van der Waals surface area contributed by atoms with Crippen LogP contribution in [0.5, 0.6) is 0 Å². The number of ether oxygens (including phenoxy) is 1. The Hall–Kier alpha value is -3.15. The zero-order chi connectivity index (χ0) is 18.9. The number of hydrogen-bond acceptors (Lipinski definition) is 4. The quantitative estimate of drug-likeness (QED) is 0.746. The van der Waals surface area contributed by atoms with E-state index in [1.54, 1.807) is 18.2 Å². The highest BCUT2D eigenvalue weighted by atomic mass is 16.5. The molecule has 26 heavy (non-hydrogen) atoms. The van der Waals surface area contributed by atoms with Crippen molar-refractivity contribution in [1.82, 2.24) is 10.6 Å². The van der Waals surface area contributed by atoms with Gasteiger partial charge in [-0.25, -0.2) is 0 Å². The number of rotatable bonds is 7. The average molecular weight is 354 g/mol. The van der Waals surface area contributed by atoms with E-state index in [0.29, 0.717) is 5.56 Å². The normalized spacial score (nSPS) is 11.3. The van der Waals surface area contributed by atoms with Crippen LogP contribution in [0.15, 0.2) is 54.6 Å². The molecule has 0 aromatic heterocycles. The second-order valence-corrected chi connectivity index (χ2v) is 5.91. The summed E-state index contributed by atoms with van der Waals surface area (Å²) in [5.74, 6) is -1.44. The summed E-state index contributed by atoms with van der Waals surface area (Å²) in [6.07, 6.45) is 0. The SMILES string of the molecule is Cc1cccc(C(=O)NCC(=O)OCC(=O)N[C@@H](C)c2ccccc2)c1. The van der Waals surface area contributed by atoms with E-state index in [9.17, 15) is 14.4 Å². The fraction of sp³-hybridized carbons (Fsp3) is 0.250. The molecule has 0 heterocycles. The number of carbonyl (C=O) groups excluding carboxylic acids is 3. The molecule has 2 aromatic rings. The summed E-state index contributed by atoms with van der Waals surface area (Å²) in [6.45, 7) is 3.03. The molecule has 0 saturated carbocycles. The second-order valence-electron chi connectivity index (χ2n) is 5.91. The fourth-order valence-corrected chi connectivity index (χ4v) is 2.35. The van der Waals surface area contributed by atoms with Crippen molar-refractivity contribution in [1.29, 1.82) is 0 Å². The maximum absolute atomic E-state index is 11.9. The molecule has 0 unspecified atom stereocenters. The van der Waals surface area contributed by atoms with Gasteiger partial charge < -0.3 is 15.4 Å². The maximum Gasteiger partial charge on any atom is 0.325 e. The van der Waals surface area contributed by atoms with Crippen molar-refractivity contribution in [3.05, 3.63) is 71.3 Å². The van der Waals surface area contributed by atoms with Gasteiger partial charge in [0.2, 0.25) is 0 Å². The van der Waals surface area contributed by atoms with Crippen LogP contribution in [0.2, 0.25) is 0 Å². The topological polar surface area (TPSA) is 84.5 Å². The third-order valence-corrected chi connectivity index (χ3v) is 3.71. The zero-order valence-electron chi connectivity index (χ0n) is 14.8. The number of hydrogen-bond donors (Lipinski definition) is 2. The van der Waals surface area contributed by atoms with Crippen LogP contribution >= 0.6 is 0 Å². The maximum atomic E-state index is 11.9. The van der Waals surface area contributed by atoms with Crippen molar-refractivity contribution < 1.29 is 19.1 Å². The predicted octanol–water partition coefficient (Wildman–Crippen LogP) is 2.15. The van der Waals surface area contributed by atoms with Crippen molar-refractivity contribution in [2.75, 3.05) is 13.2 Å². The Morgan fingerprint density at radius 2 is 1.77 bits per heavy atom. The summed E-state index contributed by atoms with van der Waals surface area (Å²) in [4.78, 5) is 35.5. The number of amides is 2. The molecule has 1 atom stereocenters. The highest BCUT2D eigenvalue weighted by molar-refractivity contribution is 5.96.